The molecule has 1 aromatic carbocycles. The van der Waals surface area contributed by atoms with Gasteiger partial charge in [0.05, 0.1) is 0 Å². The molecule has 0 aliphatic rings. The standard InChI is InChI=1S/C16H20N2O/c1-2-17-15(12-14-8-6-7-11-18-14)13-19-16-9-4-3-5-10-16/h3-11,15,17H,2,12-13H2,1H3. The zero-order valence-corrected chi connectivity index (χ0v) is 11.3. The Morgan fingerprint density at radius 3 is 2.58 bits per heavy atom. The molecule has 1 aromatic heterocycles. The van der Waals surface area contributed by atoms with E-state index in [0.717, 1.165) is 24.4 Å². The highest BCUT2D eigenvalue weighted by atomic mass is 16.5. The normalized spacial score (nSPS) is 12.1. The number of likely N-dealkylation sites (N-methyl/N-ethyl adjacent to an activating group) is 1. The van der Waals surface area contributed by atoms with Crippen LogP contribution in [0, 0.1) is 0 Å². The van der Waals surface area contributed by atoms with E-state index in [4.69, 9.17) is 4.74 Å². The molecule has 0 spiro atoms. The second kappa shape index (κ2) is 7.54. The topological polar surface area (TPSA) is 34.1 Å². The summed E-state index contributed by atoms with van der Waals surface area (Å²) in [5, 5.41) is 3.44. The van der Waals surface area contributed by atoms with Gasteiger partial charge >= 0.3 is 0 Å². The predicted octanol–water partition coefficient (Wildman–Crippen LogP) is 2.68. The van der Waals surface area contributed by atoms with E-state index in [0.29, 0.717) is 6.61 Å². The smallest absolute Gasteiger partial charge is 0.119 e. The van der Waals surface area contributed by atoms with Crippen molar-refractivity contribution in [2.24, 2.45) is 0 Å². The van der Waals surface area contributed by atoms with Crippen molar-refractivity contribution in [2.75, 3.05) is 13.2 Å². The van der Waals surface area contributed by atoms with Crippen LogP contribution in [0.5, 0.6) is 5.75 Å². The average Bonchev–Trinajstić information content (AvgIpc) is 2.47. The van der Waals surface area contributed by atoms with Crippen molar-refractivity contribution in [1.82, 2.24) is 10.3 Å². The monoisotopic (exact) mass is 256 g/mol. The van der Waals surface area contributed by atoms with E-state index in [2.05, 4.69) is 17.2 Å². The lowest BCUT2D eigenvalue weighted by atomic mass is 10.1. The lowest BCUT2D eigenvalue weighted by Crippen LogP contribution is -2.36. The van der Waals surface area contributed by atoms with E-state index in [1.165, 1.54) is 0 Å². The van der Waals surface area contributed by atoms with E-state index < -0.39 is 0 Å². The van der Waals surface area contributed by atoms with E-state index in [9.17, 15) is 0 Å². The van der Waals surface area contributed by atoms with Crippen LogP contribution in [-0.4, -0.2) is 24.2 Å². The molecule has 0 bridgehead atoms. The summed E-state index contributed by atoms with van der Waals surface area (Å²) >= 11 is 0. The maximum absolute atomic E-state index is 5.80. The summed E-state index contributed by atoms with van der Waals surface area (Å²) in [5.41, 5.74) is 1.09. The number of aromatic nitrogens is 1. The third kappa shape index (κ3) is 4.72. The first-order chi connectivity index (χ1) is 9.38. The van der Waals surface area contributed by atoms with E-state index in [1.54, 1.807) is 0 Å². The Labute approximate surface area is 114 Å². The van der Waals surface area contributed by atoms with E-state index in [-0.39, 0.29) is 6.04 Å². The van der Waals surface area contributed by atoms with E-state index in [1.807, 2.05) is 54.7 Å². The van der Waals surface area contributed by atoms with Crippen LogP contribution < -0.4 is 10.1 Å². The Hall–Kier alpha value is -1.87. The Kier molecular flexibility index (Phi) is 5.38. The molecule has 0 saturated carbocycles. The van der Waals surface area contributed by atoms with Crippen molar-refractivity contribution >= 4 is 0 Å². The zero-order valence-electron chi connectivity index (χ0n) is 11.3. The minimum atomic E-state index is 0.278. The Balaban J connectivity index is 1.89. The summed E-state index contributed by atoms with van der Waals surface area (Å²) in [6.45, 7) is 3.68. The Morgan fingerprint density at radius 2 is 1.89 bits per heavy atom. The average molecular weight is 256 g/mol. The summed E-state index contributed by atoms with van der Waals surface area (Å²) in [6.07, 6.45) is 2.71. The van der Waals surface area contributed by atoms with Crippen LogP contribution in [-0.2, 0) is 6.42 Å². The molecule has 2 rings (SSSR count). The minimum Gasteiger partial charge on any atom is -0.492 e. The number of pyridine rings is 1. The Morgan fingerprint density at radius 1 is 1.11 bits per heavy atom. The number of nitrogens with zero attached hydrogens (tertiary/aromatic N) is 1. The van der Waals surface area contributed by atoms with Crippen LogP contribution in [0.15, 0.2) is 54.7 Å². The van der Waals surface area contributed by atoms with Crippen LogP contribution in [0.3, 0.4) is 0 Å². The number of nitrogens with one attached hydrogen (secondary N) is 1. The van der Waals surface area contributed by atoms with Crippen molar-refractivity contribution in [3.8, 4) is 5.75 Å². The zero-order chi connectivity index (χ0) is 13.3. The van der Waals surface area contributed by atoms with Crippen LogP contribution in [0.25, 0.3) is 0 Å². The highest BCUT2D eigenvalue weighted by Gasteiger charge is 2.10. The van der Waals surface area contributed by atoms with Gasteiger partial charge in [-0.25, -0.2) is 0 Å². The second-order valence-corrected chi connectivity index (χ2v) is 4.40. The number of para-hydroxylation sites is 1. The number of hydrogen-bond acceptors (Lipinski definition) is 3. The molecule has 100 valence electrons. The summed E-state index contributed by atoms with van der Waals surface area (Å²) in [7, 11) is 0. The highest BCUT2D eigenvalue weighted by molar-refractivity contribution is 5.21. The molecule has 1 heterocycles. The van der Waals surface area contributed by atoms with Gasteiger partial charge in [-0.2, -0.15) is 0 Å². The van der Waals surface area contributed by atoms with Crippen molar-refractivity contribution in [1.29, 1.82) is 0 Å². The van der Waals surface area contributed by atoms with Gasteiger partial charge in [0.1, 0.15) is 12.4 Å². The van der Waals surface area contributed by atoms with Crippen LogP contribution in [0.2, 0.25) is 0 Å². The molecule has 3 heteroatoms. The Bertz CT molecular complexity index is 459. The fourth-order valence-electron chi connectivity index (χ4n) is 1.96. The summed E-state index contributed by atoms with van der Waals surface area (Å²) in [5.74, 6) is 0.909. The largest absolute Gasteiger partial charge is 0.492 e. The van der Waals surface area contributed by atoms with Crippen LogP contribution in [0.1, 0.15) is 12.6 Å². The summed E-state index contributed by atoms with van der Waals surface area (Å²) in [6, 6.07) is 16.2. The van der Waals surface area contributed by atoms with Crippen molar-refractivity contribution in [3.63, 3.8) is 0 Å². The molecular weight excluding hydrogens is 236 g/mol. The molecule has 3 nitrogen and oxygen atoms in total. The van der Waals surface area contributed by atoms with Gasteiger partial charge in [0.15, 0.2) is 0 Å². The van der Waals surface area contributed by atoms with Gasteiger partial charge in [-0.3, -0.25) is 4.98 Å². The first kappa shape index (κ1) is 13.6. The lowest BCUT2D eigenvalue weighted by molar-refractivity contribution is 0.264. The van der Waals surface area contributed by atoms with E-state index >= 15 is 0 Å². The van der Waals surface area contributed by atoms with Crippen molar-refractivity contribution in [3.05, 3.63) is 60.4 Å². The van der Waals surface area contributed by atoms with Gasteiger partial charge in [-0.15, -0.1) is 0 Å². The van der Waals surface area contributed by atoms with Gasteiger partial charge < -0.3 is 10.1 Å². The lowest BCUT2D eigenvalue weighted by Gasteiger charge is -2.18. The molecule has 1 N–H and O–H groups in total. The molecule has 0 fully saturated rings. The van der Waals surface area contributed by atoms with Crippen molar-refractivity contribution < 1.29 is 4.74 Å². The first-order valence-corrected chi connectivity index (χ1v) is 6.69. The molecule has 0 aliphatic carbocycles. The number of benzene rings is 1. The number of hydrogen-bond donors (Lipinski definition) is 1. The predicted molar refractivity (Wildman–Crippen MR) is 77.3 cm³/mol. The highest BCUT2D eigenvalue weighted by Crippen LogP contribution is 2.09. The minimum absolute atomic E-state index is 0.278. The third-order valence-electron chi connectivity index (χ3n) is 2.87. The van der Waals surface area contributed by atoms with Crippen LogP contribution >= 0.6 is 0 Å². The second-order valence-electron chi connectivity index (χ2n) is 4.40. The maximum Gasteiger partial charge on any atom is 0.119 e. The van der Waals surface area contributed by atoms with Crippen molar-refractivity contribution in [2.45, 2.75) is 19.4 Å². The van der Waals surface area contributed by atoms with Gasteiger partial charge in [-0.05, 0) is 30.8 Å². The summed E-state index contributed by atoms with van der Waals surface area (Å²) < 4.78 is 5.80. The van der Waals surface area contributed by atoms with Gasteiger partial charge in [-0.1, -0.05) is 31.2 Å². The molecule has 0 saturated heterocycles. The maximum atomic E-state index is 5.80. The SMILES string of the molecule is CCNC(COc1ccccc1)Cc1ccccn1. The van der Waals surface area contributed by atoms with Crippen LogP contribution in [0.4, 0.5) is 0 Å². The number of ether oxygens (including phenoxy) is 1. The fourth-order valence-corrected chi connectivity index (χ4v) is 1.96. The molecule has 0 amide bonds. The third-order valence-corrected chi connectivity index (χ3v) is 2.87. The van der Waals surface area contributed by atoms with Gasteiger partial charge in [0.2, 0.25) is 0 Å². The fraction of sp³-hybridized carbons (Fsp3) is 0.312. The molecule has 1 unspecified atom stereocenters. The first-order valence-electron chi connectivity index (χ1n) is 6.69. The molecule has 0 radical (unpaired) electrons. The summed E-state index contributed by atoms with van der Waals surface area (Å²) in [4.78, 5) is 4.36. The quantitative estimate of drug-likeness (QED) is 0.827. The molecule has 2 aromatic rings. The molecular formula is C16H20N2O. The molecule has 0 aliphatic heterocycles. The molecule has 19 heavy (non-hydrogen) atoms. The van der Waals surface area contributed by atoms with Gasteiger partial charge in [0.25, 0.3) is 0 Å². The molecule has 1 atom stereocenters. The van der Waals surface area contributed by atoms with Gasteiger partial charge in [0, 0.05) is 24.4 Å². The number of rotatable bonds is 7.